The maximum absolute atomic E-state index is 13.4. The van der Waals surface area contributed by atoms with Crippen LogP contribution < -0.4 is 5.32 Å². The maximum Gasteiger partial charge on any atom is 0.126 e. The highest BCUT2D eigenvalue weighted by Crippen LogP contribution is 2.31. The molecule has 0 aliphatic carbocycles. The van der Waals surface area contributed by atoms with Crippen LogP contribution in [0.15, 0.2) is 40.9 Å². The largest absolute Gasteiger partial charge is 0.394 e. The van der Waals surface area contributed by atoms with Gasteiger partial charge in [-0.25, -0.2) is 8.78 Å². The van der Waals surface area contributed by atoms with Gasteiger partial charge in [-0.2, -0.15) is 0 Å². The topological polar surface area (TPSA) is 32.3 Å². The number of hydrogen-bond acceptors (Lipinski definition) is 2. The summed E-state index contributed by atoms with van der Waals surface area (Å²) in [5, 5.41) is 13.3. The van der Waals surface area contributed by atoms with Gasteiger partial charge in [0.15, 0.2) is 0 Å². The summed E-state index contributed by atoms with van der Waals surface area (Å²) in [7, 11) is 0. The van der Waals surface area contributed by atoms with Crippen molar-refractivity contribution in [1.82, 2.24) is 0 Å². The zero-order chi connectivity index (χ0) is 15.6. The molecule has 1 unspecified atom stereocenters. The number of nitrogens with one attached hydrogen (secondary N) is 1. The van der Waals surface area contributed by atoms with Gasteiger partial charge in [-0.05, 0) is 58.7 Å². The van der Waals surface area contributed by atoms with Crippen LogP contribution in [0.4, 0.5) is 14.5 Å². The number of hydrogen-bond donors (Lipinski definition) is 2. The summed E-state index contributed by atoms with van der Waals surface area (Å²) in [5.74, 6) is -1.38. The molecule has 0 amide bonds. The molecular formula is C15H13BrClF2NO. The van der Waals surface area contributed by atoms with Gasteiger partial charge >= 0.3 is 0 Å². The Morgan fingerprint density at radius 2 is 1.81 bits per heavy atom. The Hall–Kier alpha value is -1.17. The van der Waals surface area contributed by atoms with Gasteiger partial charge in [0, 0.05) is 16.2 Å². The van der Waals surface area contributed by atoms with E-state index in [0.29, 0.717) is 20.7 Å². The fraction of sp³-hybridized carbons (Fsp3) is 0.200. The zero-order valence-electron chi connectivity index (χ0n) is 11.1. The summed E-state index contributed by atoms with van der Waals surface area (Å²) >= 11 is 9.22. The van der Waals surface area contributed by atoms with Gasteiger partial charge in [-0.3, -0.25) is 0 Å². The summed E-state index contributed by atoms with van der Waals surface area (Å²) in [4.78, 5) is 0. The van der Waals surface area contributed by atoms with Gasteiger partial charge in [0.1, 0.15) is 11.6 Å². The van der Waals surface area contributed by atoms with Crippen molar-refractivity contribution in [3.8, 4) is 0 Å². The Morgan fingerprint density at radius 1 is 1.19 bits per heavy atom. The third-order valence-corrected chi connectivity index (χ3v) is 4.37. The van der Waals surface area contributed by atoms with E-state index >= 15 is 0 Å². The predicted molar refractivity (Wildman–Crippen MR) is 83.6 cm³/mol. The maximum atomic E-state index is 13.4. The lowest BCUT2D eigenvalue weighted by Crippen LogP contribution is -2.36. The summed E-state index contributed by atoms with van der Waals surface area (Å²) in [6, 6.07) is 8.30. The van der Waals surface area contributed by atoms with Gasteiger partial charge in [0.25, 0.3) is 0 Å². The Labute approximate surface area is 134 Å². The van der Waals surface area contributed by atoms with Crippen LogP contribution in [0.3, 0.4) is 0 Å². The van der Waals surface area contributed by atoms with Gasteiger partial charge in [-0.1, -0.05) is 11.6 Å². The number of halogens is 4. The monoisotopic (exact) mass is 375 g/mol. The quantitative estimate of drug-likeness (QED) is 0.810. The average Bonchev–Trinajstić information content (AvgIpc) is 2.42. The Bertz CT molecular complexity index is 648. The highest BCUT2D eigenvalue weighted by Gasteiger charge is 2.27. The molecule has 0 aliphatic heterocycles. The molecule has 0 aliphatic rings. The number of aliphatic hydroxyl groups excluding tert-OH is 1. The van der Waals surface area contributed by atoms with Crippen molar-refractivity contribution < 1.29 is 13.9 Å². The molecule has 112 valence electrons. The van der Waals surface area contributed by atoms with E-state index in [4.69, 9.17) is 11.6 Å². The summed E-state index contributed by atoms with van der Waals surface area (Å²) in [5.41, 5.74) is -0.0583. The van der Waals surface area contributed by atoms with Crippen molar-refractivity contribution in [2.24, 2.45) is 0 Å². The van der Waals surface area contributed by atoms with Gasteiger partial charge < -0.3 is 10.4 Å². The molecule has 0 spiro atoms. The lowest BCUT2D eigenvalue weighted by molar-refractivity contribution is 0.223. The minimum absolute atomic E-state index is 0.313. The number of anilines is 1. The molecule has 1 atom stereocenters. The highest BCUT2D eigenvalue weighted by molar-refractivity contribution is 9.10. The smallest absolute Gasteiger partial charge is 0.126 e. The second-order valence-corrected chi connectivity index (χ2v) is 6.16. The van der Waals surface area contributed by atoms with E-state index in [2.05, 4.69) is 21.2 Å². The molecule has 0 saturated carbocycles. The molecule has 2 rings (SSSR count). The van der Waals surface area contributed by atoms with Crippen molar-refractivity contribution in [3.63, 3.8) is 0 Å². The van der Waals surface area contributed by atoms with Crippen molar-refractivity contribution in [2.75, 3.05) is 11.9 Å². The zero-order valence-corrected chi connectivity index (χ0v) is 13.5. The number of aliphatic hydroxyl groups is 1. The molecule has 2 aromatic carbocycles. The fourth-order valence-electron chi connectivity index (χ4n) is 1.97. The molecule has 0 saturated heterocycles. The summed E-state index contributed by atoms with van der Waals surface area (Å²) < 4.78 is 27.4. The van der Waals surface area contributed by atoms with E-state index in [1.807, 2.05) is 0 Å². The van der Waals surface area contributed by atoms with E-state index in [1.165, 1.54) is 12.1 Å². The van der Waals surface area contributed by atoms with Crippen molar-refractivity contribution in [3.05, 3.63) is 63.1 Å². The first-order valence-corrected chi connectivity index (χ1v) is 7.32. The van der Waals surface area contributed by atoms with Crippen molar-refractivity contribution >= 4 is 33.2 Å². The van der Waals surface area contributed by atoms with E-state index in [0.717, 1.165) is 6.07 Å². The molecule has 2 N–H and O–H groups in total. The minimum Gasteiger partial charge on any atom is -0.394 e. The lowest BCUT2D eigenvalue weighted by atomic mass is 9.92. The van der Waals surface area contributed by atoms with Crippen LogP contribution in [0.25, 0.3) is 0 Å². The third-order valence-electron chi connectivity index (χ3n) is 3.16. The molecule has 0 radical (unpaired) electrons. The van der Waals surface area contributed by atoms with Crippen LogP contribution in [-0.4, -0.2) is 11.7 Å². The third kappa shape index (κ3) is 3.73. The van der Waals surface area contributed by atoms with Crippen LogP contribution >= 0.6 is 27.5 Å². The van der Waals surface area contributed by atoms with Crippen LogP contribution in [0.1, 0.15) is 12.5 Å². The minimum atomic E-state index is -1.03. The fourth-order valence-corrected chi connectivity index (χ4v) is 2.46. The molecule has 2 aromatic rings. The first kappa shape index (κ1) is 16.2. The van der Waals surface area contributed by atoms with E-state index in [1.54, 1.807) is 25.1 Å². The Kier molecular flexibility index (Phi) is 4.86. The molecular weight excluding hydrogens is 364 g/mol. The lowest BCUT2D eigenvalue weighted by Gasteiger charge is -2.30. The van der Waals surface area contributed by atoms with Gasteiger partial charge in [-0.15, -0.1) is 0 Å². The molecule has 0 aromatic heterocycles. The predicted octanol–water partition coefficient (Wildman–Crippen LogP) is 4.70. The highest BCUT2D eigenvalue weighted by atomic mass is 79.9. The van der Waals surface area contributed by atoms with Crippen LogP contribution in [0.2, 0.25) is 5.02 Å². The van der Waals surface area contributed by atoms with E-state index in [-0.39, 0.29) is 6.61 Å². The number of benzene rings is 2. The Balaban J connectivity index is 2.38. The normalized spacial score (nSPS) is 13.8. The van der Waals surface area contributed by atoms with Gasteiger partial charge in [0.05, 0.1) is 17.2 Å². The van der Waals surface area contributed by atoms with Crippen LogP contribution in [-0.2, 0) is 5.54 Å². The molecule has 0 bridgehead atoms. The van der Waals surface area contributed by atoms with Crippen LogP contribution in [0, 0.1) is 11.6 Å². The van der Waals surface area contributed by atoms with E-state index < -0.39 is 17.2 Å². The summed E-state index contributed by atoms with van der Waals surface area (Å²) in [6.07, 6.45) is 0. The Morgan fingerprint density at radius 3 is 2.33 bits per heavy atom. The van der Waals surface area contributed by atoms with Crippen LogP contribution in [0.5, 0.6) is 0 Å². The summed E-state index contributed by atoms with van der Waals surface area (Å²) in [6.45, 7) is 1.32. The second-order valence-electron chi connectivity index (χ2n) is 4.90. The van der Waals surface area contributed by atoms with E-state index in [9.17, 15) is 13.9 Å². The van der Waals surface area contributed by atoms with Gasteiger partial charge in [0.2, 0.25) is 0 Å². The molecule has 0 fully saturated rings. The molecule has 21 heavy (non-hydrogen) atoms. The SMILES string of the molecule is CC(CO)(Nc1ccc(Cl)c(Br)c1)c1cc(F)cc(F)c1. The second kappa shape index (κ2) is 6.30. The molecule has 6 heteroatoms. The van der Waals surface area contributed by atoms with Crippen molar-refractivity contribution in [1.29, 1.82) is 0 Å². The first-order valence-electron chi connectivity index (χ1n) is 6.15. The number of rotatable bonds is 4. The average molecular weight is 377 g/mol. The standard InChI is InChI=1S/C15H13BrClF2NO/c1-15(8-21,9-4-10(18)6-11(19)5-9)20-12-2-3-14(17)13(16)7-12/h2-7,20-21H,8H2,1H3. The van der Waals surface area contributed by atoms with Crippen molar-refractivity contribution in [2.45, 2.75) is 12.5 Å². The first-order chi connectivity index (χ1) is 9.84. The molecule has 0 heterocycles. The molecule has 2 nitrogen and oxygen atoms in total.